The molecule has 4 nitrogen and oxygen atoms in total. The van der Waals surface area contributed by atoms with Crippen molar-refractivity contribution in [2.45, 2.75) is 12.8 Å². The van der Waals surface area contributed by atoms with Gasteiger partial charge in [-0.05, 0) is 34.7 Å². The van der Waals surface area contributed by atoms with E-state index in [4.69, 9.17) is 10.5 Å². The van der Waals surface area contributed by atoms with E-state index in [9.17, 15) is 0 Å². The van der Waals surface area contributed by atoms with Crippen LogP contribution in [0.4, 0.5) is 11.4 Å². The predicted molar refractivity (Wildman–Crippen MR) is 68.4 cm³/mol. The minimum atomic E-state index is 0.678. The van der Waals surface area contributed by atoms with Gasteiger partial charge in [-0.15, -0.1) is 0 Å². The summed E-state index contributed by atoms with van der Waals surface area (Å²) in [5, 5.41) is 3.34. The second-order valence-corrected chi connectivity index (χ2v) is 4.88. The van der Waals surface area contributed by atoms with Crippen LogP contribution in [0.1, 0.15) is 12.8 Å². The highest BCUT2D eigenvalue weighted by molar-refractivity contribution is 9.10. The normalized spacial score (nSPS) is 19.9. The van der Waals surface area contributed by atoms with E-state index in [1.165, 1.54) is 6.42 Å². The summed E-state index contributed by atoms with van der Waals surface area (Å²) in [6.07, 6.45) is 5.70. The molecule has 0 radical (unpaired) electrons. The van der Waals surface area contributed by atoms with Crippen molar-refractivity contribution in [2.75, 3.05) is 30.8 Å². The Morgan fingerprint density at radius 2 is 2.44 bits per heavy atom. The molecule has 0 amide bonds. The van der Waals surface area contributed by atoms with Gasteiger partial charge in [-0.2, -0.15) is 0 Å². The van der Waals surface area contributed by atoms with Crippen molar-refractivity contribution < 1.29 is 4.74 Å². The van der Waals surface area contributed by atoms with Crippen LogP contribution >= 0.6 is 15.9 Å². The maximum absolute atomic E-state index is 5.84. The first-order valence-corrected chi connectivity index (χ1v) is 6.27. The van der Waals surface area contributed by atoms with Gasteiger partial charge in [-0.25, -0.2) is 0 Å². The zero-order valence-electron chi connectivity index (χ0n) is 9.08. The molecule has 1 fully saturated rings. The number of nitrogens with two attached hydrogens (primary N) is 1. The van der Waals surface area contributed by atoms with E-state index < -0.39 is 0 Å². The number of hydrogen-bond donors (Lipinski definition) is 2. The molecular formula is C11H16BrN3O. The van der Waals surface area contributed by atoms with Crippen molar-refractivity contribution in [1.82, 2.24) is 4.98 Å². The zero-order chi connectivity index (χ0) is 11.4. The molecule has 0 bridgehead atoms. The maximum Gasteiger partial charge on any atom is 0.0750 e. The topological polar surface area (TPSA) is 60.2 Å². The molecule has 3 N–H and O–H groups in total. The summed E-state index contributed by atoms with van der Waals surface area (Å²) in [5.74, 6) is 0.689. The van der Waals surface area contributed by atoms with Crippen LogP contribution in [0.5, 0.6) is 0 Å². The smallest absolute Gasteiger partial charge is 0.0750 e. The van der Waals surface area contributed by atoms with E-state index in [1.54, 1.807) is 12.4 Å². The number of nitrogens with one attached hydrogen (secondary N) is 1. The fraction of sp³-hybridized carbons (Fsp3) is 0.545. The van der Waals surface area contributed by atoms with Crippen LogP contribution < -0.4 is 11.1 Å². The van der Waals surface area contributed by atoms with Crippen molar-refractivity contribution in [3.63, 3.8) is 0 Å². The molecule has 0 spiro atoms. The number of pyridine rings is 1. The van der Waals surface area contributed by atoms with Gasteiger partial charge in [0, 0.05) is 26.0 Å². The van der Waals surface area contributed by atoms with Crippen LogP contribution in [0.3, 0.4) is 0 Å². The summed E-state index contributed by atoms with van der Waals surface area (Å²) >= 11 is 3.43. The Bertz CT molecular complexity index is 333. The second kappa shape index (κ2) is 5.50. The third kappa shape index (κ3) is 2.86. The van der Waals surface area contributed by atoms with Crippen molar-refractivity contribution in [2.24, 2.45) is 5.92 Å². The number of nitrogen functional groups attached to an aromatic ring is 1. The highest BCUT2D eigenvalue weighted by Crippen LogP contribution is 2.27. The Morgan fingerprint density at radius 3 is 3.12 bits per heavy atom. The summed E-state index contributed by atoms with van der Waals surface area (Å²) in [6, 6.07) is 0. The van der Waals surface area contributed by atoms with Crippen LogP contribution in [0, 0.1) is 5.92 Å². The molecule has 1 saturated heterocycles. The highest BCUT2D eigenvalue weighted by atomic mass is 79.9. The van der Waals surface area contributed by atoms with Gasteiger partial charge in [0.25, 0.3) is 0 Å². The molecule has 1 aliphatic heterocycles. The van der Waals surface area contributed by atoms with E-state index in [2.05, 4.69) is 26.2 Å². The lowest BCUT2D eigenvalue weighted by atomic mass is 10.1. The zero-order valence-corrected chi connectivity index (χ0v) is 10.7. The van der Waals surface area contributed by atoms with Gasteiger partial charge in [-0.1, -0.05) is 0 Å². The standard InChI is InChI=1S/C11H16BrN3O/c12-9-5-14-6-10(13)11(9)15-3-1-8-2-4-16-7-8/h5-6,8H,1-4,7,13H2,(H,14,15). The molecule has 1 atom stereocenters. The Labute approximate surface area is 104 Å². The first kappa shape index (κ1) is 11.7. The Morgan fingerprint density at radius 1 is 1.56 bits per heavy atom. The third-order valence-electron chi connectivity index (χ3n) is 2.81. The van der Waals surface area contributed by atoms with Gasteiger partial charge in [0.1, 0.15) is 0 Å². The average Bonchev–Trinajstić information content (AvgIpc) is 2.75. The van der Waals surface area contributed by atoms with E-state index in [0.29, 0.717) is 11.6 Å². The third-order valence-corrected chi connectivity index (χ3v) is 3.41. The van der Waals surface area contributed by atoms with Gasteiger partial charge in [0.15, 0.2) is 0 Å². The van der Waals surface area contributed by atoms with E-state index >= 15 is 0 Å². The number of halogens is 1. The summed E-state index contributed by atoms with van der Waals surface area (Å²) in [6.45, 7) is 2.72. The number of nitrogens with zero attached hydrogens (tertiary/aromatic N) is 1. The van der Waals surface area contributed by atoms with Crippen molar-refractivity contribution >= 4 is 27.3 Å². The number of hydrogen-bond acceptors (Lipinski definition) is 4. The van der Waals surface area contributed by atoms with Gasteiger partial charge >= 0.3 is 0 Å². The van der Waals surface area contributed by atoms with Crippen LogP contribution in [-0.4, -0.2) is 24.7 Å². The average molecular weight is 286 g/mol. The Balaban J connectivity index is 1.84. The minimum absolute atomic E-state index is 0.678. The first-order chi connectivity index (χ1) is 7.77. The lowest BCUT2D eigenvalue weighted by Crippen LogP contribution is -2.10. The van der Waals surface area contributed by atoms with Gasteiger partial charge in [0.2, 0.25) is 0 Å². The highest BCUT2D eigenvalue weighted by Gasteiger charge is 2.15. The fourth-order valence-electron chi connectivity index (χ4n) is 1.85. The summed E-state index contributed by atoms with van der Waals surface area (Å²) in [4.78, 5) is 4.00. The van der Waals surface area contributed by atoms with E-state index in [-0.39, 0.29) is 0 Å². The fourth-order valence-corrected chi connectivity index (χ4v) is 2.34. The second-order valence-electron chi connectivity index (χ2n) is 4.03. The number of rotatable bonds is 4. The molecule has 1 aromatic heterocycles. The molecule has 1 aliphatic rings. The number of anilines is 2. The molecule has 16 heavy (non-hydrogen) atoms. The van der Waals surface area contributed by atoms with E-state index in [1.807, 2.05) is 0 Å². The van der Waals surface area contributed by atoms with Crippen LogP contribution in [0.2, 0.25) is 0 Å². The molecule has 2 rings (SSSR count). The molecule has 0 aromatic carbocycles. The lowest BCUT2D eigenvalue weighted by molar-refractivity contribution is 0.185. The SMILES string of the molecule is Nc1cncc(Br)c1NCCC1CCOC1. The molecule has 0 aliphatic carbocycles. The van der Waals surface area contributed by atoms with Crippen molar-refractivity contribution in [1.29, 1.82) is 0 Å². The number of aromatic nitrogens is 1. The number of ether oxygens (including phenoxy) is 1. The lowest BCUT2D eigenvalue weighted by Gasteiger charge is -2.12. The summed E-state index contributed by atoms with van der Waals surface area (Å²) in [7, 11) is 0. The Kier molecular flexibility index (Phi) is 4.01. The molecule has 1 aromatic rings. The first-order valence-electron chi connectivity index (χ1n) is 5.48. The molecule has 1 unspecified atom stereocenters. The van der Waals surface area contributed by atoms with Gasteiger partial charge in [-0.3, -0.25) is 4.98 Å². The van der Waals surface area contributed by atoms with Crippen LogP contribution in [0.25, 0.3) is 0 Å². The Hall–Kier alpha value is -0.810. The van der Waals surface area contributed by atoms with Gasteiger partial charge in [0.05, 0.1) is 22.0 Å². The van der Waals surface area contributed by atoms with Crippen molar-refractivity contribution in [3.8, 4) is 0 Å². The van der Waals surface area contributed by atoms with Gasteiger partial charge < -0.3 is 15.8 Å². The monoisotopic (exact) mass is 285 g/mol. The minimum Gasteiger partial charge on any atom is -0.396 e. The predicted octanol–water partition coefficient (Wildman–Crippen LogP) is 2.26. The molecule has 2 heterocycles. The quantitative estimate of drug-likeness (QED) is 0.891. The van der Waals surface area contributed by atoms with Crippen LogP contribution in [-0.2, 0) is 4.74 Å². The van der Waals surface area contributed by atoms with Crippen molar-refractivity contribution in [3.05, 3.63) is 16.9 Å². The van der Waals surface area contributed by atoms with E-state index in [0.717, 1.165) is 36.3 Å². The summed E-state index contributed by atoms with van der Waals surface area (Å²) < 4.78 is 6.25. The molecule has 88 valence electrons. The molecule has 5 heteroatoms. The summed E-state index contributed by atoms with van der Waals surface area (Å²) in [5.41, 5.74) is 7.45. The molecular weight excluding hydrogens is 270 g/mol. The van der Waals surface area contributed by atoms with Crippen LogP contribution in [0.15, 0.2) is 16.9 Å². The largest absolute Gasteiger partial charge is 0.396 e. The molecule has 0 saturated carbocycles. The maximum atomic E-state index is 5.84.